The third kappa shape index (κ3) is 4.13. The zero-order valence-electron chi connectivity index (χ0n) is 11.1. The quantitative estimate of drug-likeness (QED) is 0.768. The topological polar surface area (TPSA) is 29.1 Å². The minimum Gasteiger partial charge on any atom is -0.323 e. The van der Waals surface area contributed by atoms with E-state index < -0.39 is 5.25 Å². The van der Waals surface area contributed by atoms with Gasteiger partial charge in [-0.15, -0.1) is 11.8 Å². The van der Waals surface area contributed by atoms with E-state index in [0.29, 0.717) is 20.6 Å². The lowest BCUT2D eigenvalue weighted by atomic mass is 10.3. The van der Waals surface area contributed by atoms with E-state index in [4.69, 9.17) is 23.2 Å². The first kappa shape index (κ1) is 16.1. The van der Waals surface area contributed by atoms with Crippen molar-refractivity contribution in [1.82, 2.24) is 0 Å². The van der Waals surface area contributed by atoms with Gasteiger partial charge in [0.2, 0.25) is 5.91 Å². The molecular weight excluding hydrogens is 332 g/mol. The molecule has 0 saturated heterocycles. The summed E-state index contributed by atoms with van der Waals surface area (Å²) in [5.74, 6) is -0.642. The zero-order valence-corrected chi connectivity index (χ0v) is 13.4. The van der Waals surface area contributed by atoms with E-state index in [1.54, 1.807) is 43.3 Å². The molecule has 0 saturated carbocycles. The summed E-state index contributed by atoms with van der Waals surface area (Å²) in [5, 5.41) is 2.90. The van der Waals surface area contributed by atoms with E-state index in [9.17, 15) is 9.18 Å². The molecule has 1 amide bonds. The van der Waals surface area contributed by atoms with Crippen LogP contribution in [-0.4, -0.2) is 11.2 Å². The lowest BCUT2D eigenvalue weighted by Gasteiger charge is -2.14. The van der Waals surface area contributed by atoms with Gasteiger partial charge in [0.05, 0.1) is 21.0 Å². The van der Waals surface area contributed by atoms with Crippen molar-refractivity contribution in [2.75, 3.05) is 5.32 Å². The highest BCUT2D eigenvalue weighted by Crippen LogP contribution is 2.31. The summed E-state index contributed by atoms with van der Waals surface area (Å²) in [6.07, 6.45) is 0. The van der Waals surface area contributed by atoms with Gasteiger partial charge in [0.1, 0.15) is 5.82 Å². The normalized spacial score (nSPS) is 12.0. The highest BCUT2D eigenvalue weighted by molar-refractivity contribution is 8.00. The largest absolute Gasteiger partial charge is 0.323 e. The summed E-state index contributed by atoms with van der Waals surface area (Å²) < 4.78 is 13.6. The standard InChI is InChI=1S/C15H12Cl2FNOS/c1-9(21-13-8-3-2-7-12(13)18)15(20)19-14-10(16)5-4-6-11(14)17/h2-9H,1H3,(H,19,20)/t9-/m1/s1. The van der Waals surface area contributed by atoms with Crippen LogP contribution in [0.25, 0.3) is 0 Å². The lowest BCUT2D eigenvalue weighted by molar-refractivity contribution is -0.115. The van der Waals surface area contributed by atoms with Crippen molar-refractivity contribution < 1.29 is 9.18 Å². The Labute approximate surface area is 136 Å². The van der Waals surface area contributed by atoms with Gasteiger partial charge in [-0.3, -0.25) is 4.79 Å². The molecule has 0 spiro atoms. The van der Waals surface area contributed by atoms with Crippen LogP contribution in [0.15, 0.2) is 47.4 Å². The first-order chi connectivity index (χ1) is 9.99. The number of halogens is 3. The fourth-order valence-electron chi connectivity index (χ4n) is 1.63. The fourth-order valence-corrected chi connectivity index (χ4v) is 3.00. The summed E-state index contributed by atoms with van der Waals surface area (Å²) in [6.45, 7) is 1.69. The van der Waals surface area contributed by atoms with E-state index in [0.717, 1.165) is 11.8 Å². The molecule has 0 aromatic heterocycles. The third-order valence-electron chi connectivity index (χ3n) is 2.72. The number of nitrogens with one attached hydrogen (secondary N) is 1. The highest BCUT2D eigenvalue weighted by Gasteiger charge is 2.18. The fraction of sp³-hybridized carbons (Fsp3) is 0.133. The van der Waals surface area contributed by atoms with Gasteiger partial charge in [-0.2, -0.15) is 0 Å². The Morgan fingerprint density at radius 2 is 1.76 bits per heavy atom. The number of carbonyl (C=O) groups excluding carboxylic acids is 1. The number of para-hydroxylation sites is 1. The second-order valence-corrected chi connectivity index (χ2v) is 6.47. The van der Waals surface area contributed by atoms with Crippen molar-refractivity contribution in [2.24, 2.45) is 0 Å². The van der Waals surface area contributed by atoms with Gasteiger partial charge >= 0.3 is 0 Å². The van der Waals surface area contributed by atoms with Crippen LogP contribution < -0.4 is 5.32 Å². The second-order valence-electron chi connectivity index (χ2n) is 4.28. The summed E-state index contributed by atoms with van der Waals surface area (Å²) in [6, 6.07) is 11.3. The van der Waals surface area contributed by atoms with E-state index in [1.165, 1.54) is 6.07 Å². The molecule has 1 atom stereocenters. The van der Waals surface area contributed by atoms with Gasteiger partial charge in [-0.05, 0) is 31.2 Å². The molecule has 0 unspecified atom stereocenters. The van der Waals surface area contributed by atoms with Crippen LogP contribution in [0.5, 0.6) is 0 Å². The number of carbonyl (C=O) groups is 1. The number of amides is 1. The smallest absolute Gasteiger partial charge is 0.237 e. The molecule has 0 aliphatic carbocycles. The first-order valence-corrected chi connectivity index (χ1v) is 7.78. The number of hydrogen-bond donors (Lipinski definition) is 1. The van der Waals surface area contributed by atoms with E-state index in [1.807, 2.05) is 0 Å². The molecule has 0 fully saturated rings. The van der Waals surface area contributed by atoms with Crippen molar-refractivity contribution in [2.45, 2.75) is 17.1 Å². The molecule has 110 valence electrons. The number of benzene rings is 2. The SMILES string of the molecule is C[C@@H](Sc1ccccc1F)C(=O)Nc1c(Cl)cccc1Cl. The minimum absolute atomic E-state index is 0.293. The van der Waals surface area contributed by atoms with Gasteiger partial charge in [-0.25, -0.2) is 4.39 Å². The molecule has 2 aromatic carbocycles. The van der Waals surface area contributed by atoms with E-state index in [-0.39, 0.29) is 11.7 Å². The van der Waals surface area contributed by atoms with Crippen LogP contribution in [0, 0.1) is 5.82 Å². The monoisotopic (exact) mass is 343 g/mol. The van der Waals surface area contributed by atoms with Gasteiger partial charge in [0.15, 0.2) is 0 Å². The summed E-state index contributed by atoms with van der Waals surface area (Å²) in [4.78, 5) is 12.6. The molecule has 21 heavy (non-hydrogen) atoms. The summed E-state index contributed by atoms with van der Waals surface area (Å²) in [7, 11) is 0. The average Bonchev–Trinajstić information content (AvgIpc) is 2.45. The molecular formula is C15H12Cl2FNOS. The van der Waals surface area contributed by atoms with Gasteiger partial charge in [-0.1, -0.05) is 41.4 Å². The van der Waals surface area contributed by atoms with Crippen molar-refractivity contribution in [3.05, 3.63) is 58.3 Å². The Balaban J connectivity index is 2.08. The van der Waals surface area contributed by atoms with Crippen molar-refractivity contribution in [1.29, 1.82) is 0 Å². The summed E-state index contributed by atoms with van der Waals surface area (Å²) in [5.41, 5.74) is 0.367. The van der Waals surface area contributed by atoms with Crippen LogP contribution in [0.2, 0.25) is 10.0 Å². The highest BCUT2D eigenvalue weighted by atomic mass is 35.5. The third-order valence-corrected chi connectivity index (χ3v) is 4.50. The van der Waals surface area contributed by atoms with Crippen molar-refractivity contribution in [3.63, 3.8) is 0 Å². The molecule has 6 heteroatoms. The molecule has 1 N–H and O–H groups in total. The predicted molar refractivity (Wildman–Crippen MR) is 86.8 cm³/mol. The van der Waals surface area contributed by atoms with Crippen molar-refractivity contribution in [3.8, 4) is 0 Å². The molecule has 0 bridgehead atoms. The van der Waals surface area contributed by atoms with Gasteiger partial charge in [0, 0.05) is 4.90 Å². The minimum atomic E-state index is -0.491. The van der Waals surface area contributed by atoms with Crippen molar-refractivity contribution >= 4 is 46.6 Å². The summed E-state index contributed by atoms with van der Waals surface area (Å²) >= 11 is 13.1. The van der Waals surface area contributed by atoms with Crippen LogP contribution in [-0.2, 0) is 4.79 Å². The maximum Gasteiger partial charge on any atom is 0.237 e. The van der Waals surface area contributed by atoms with Gasteiger partial charge in [0.25, 0.3) is 0 Å². The number of thioether (sulfide) groups is 1. The van der Waals surface area contributed by atoms with Crippen LogP contribution >= 0.6 is 35.0 Å². The van der Waals surface area contributed by atoms with E-state index >= 15 is 0 Å². The van der Waals surface area contributed by atoms with Crippen LogP contribution in [0.3, 0.4) is 0 Å². The molecule has 0 heterocycles. The molecule has 2 nitrogen and oxygen atoms in total. The molecule has 2 aromatic rings. The number of rotatable bonds is 4. The number of hydrogen-bond acceptors (Lipinski definition) is 2. The Bertz CT molecular complexity index is 646. The Hall–Kier alpha value is -1.23. The van der Waals surface area contributed by atoms with Gasteiger partial charge < -0.3 is 5.32 Å². The predicted octanol–water partition coefficient (Wildman–Crippen LogP) is 5.25. The zero-order chi connectivity index (χ0) is 15.4. The molecule has 0 radical (unpaired) electrons. The maximum atomic E-state index is 13.6. The second kappa shape index (κ2) is 7.16. The first-order valence-electron chi connectivity index (χ1n) is 6.15. The maximum absolute atomic E-state index is 13.6. The van der Waals surface area contributed by atoms with Crippen LogP contribution in [0.4, 0.5) is 10.1 Å². The lowest BCUT2D eigenvalue weighted by Crippen LogP contribution is -2.22. The number of anilines is 1. The molecule has 0 aliphatic heterocycles. The Morgan fingerprint density at radius 1 is 1.14 bits per heavy atom. The Morgan fingerprint density at radius 3 is 2.38 bits per heavy atom. The Kier molecular flexibility index (Phi) is 5.51. The average molecular weight is 344 g/mol. The van der Waals surface area contributed by atoms with E-state index in [2.05, 4.69) is 5.32 Å². The van der Waals surface area contributed by atoms with Crippen LogP contribution in [0.1, 0.15) is 6.92 Å². The molecule has 2 rings (SSSR count). The molecule has 0 aliphatic rings.